The molecule has 20 heavy (non-hydrogen) atoms. The van der Waals surface area contributed by atoms with Gasteiger partial charge in [0.05, 0.1) is 12.6 Å². The minimum atomic E-state index is -1.00. The van der Waals surface area contributed by atoms with E-state index >= 15 is 0 Å². The monoisotopic (exact) mass is 277 g/mol. The third-order valence-electron chi connectivity index (χ3n) is 3.30. The zero-order chi connectivity index (χ0) is 15.3. The summed E-state index contributed by atoms with van der Waals surface area (Å²) in [4.78, 5) is 25.9. The van der Waals surface area contributed by atoms with Crippen LogP contribution in [0.1, 0.15) is 31.1 Å². The standard InChI is InChI=1S/C16H23NO3/c1-11(2)15(17(4)10-14(19)12(3)18)16(20)13-8-6-5-7-9-13/h5-9,11-12,15,18H,10H2,1-4H3. The van der Waals surface area contributed by atoms with E-state index in [0.29, 0.717) is 5.56 Å². The van der Waals surface area contributed by atoms with Crippen LogP contribution in [0, 0.1) is 5.92 Å². The molecule has 0 fully saturated rings. The van der Waals surface area contributed by atoms with E-state index in [4.69, 9.17) is 0 Å². The molecule has 2 atom stereocenters. The molecule has 0 aliphatic rings. The van der Waals surface area contributed by atoms with Crippen LogP contribution in [0.4, 0.5) is 0 Å². The van der Waals surface area contributed by atoms with Crippen molar-refractivity contribution >= 4 is 11.6 Å². The quantitative estimate of drug-likeness (QED) is 0.772. The van der Waals surface area contributed by atoms with E-state index in [0.717, 1.165) is 0 Å². The van der Waals surface area contributed by atoms with Crippen molar-refractivity contribution in [2.75, 3.05) is 13.6 Å². The highest BCUT2D eigenvalue weighted by molar-refractivity contribution is 6.00. The highest BCUT2D eigenvalue weighted by Crippen LogP contribution is 2.16. The van der Waals surface area contributed by atoms with E-state index in [9.17, 15) is 14.7 Å². The van der Waals surface area contributed by atoms with Gasteiger partial charge in [0.1, 0.15) is 6.10 Å². The Morgan fingerprint density at radius 1 is 1.15 bits per heavy atom. The molecule has 0 radical (unpaired) electrons. The van der Waals surface area contributed by atoms with Crippen molar-refractivity contribution in [3.05, 3.63) is 35.9 Å². The Morgan fingerprint density at radius 3 is 2.15 bits per heavy atom. The fraction of sp³-hybridized carbons (Fsp3) is 0.500. The average molecular weight is 277 g/mol. The molecule has 1 N–H and O–H groups in total. The van der Waals surface area contributed by atoms with E-state index in [1.807, 2.05) is 32.0 Å². The molecule has 0 aromatic heterocycles. The summed E-state index contributed by atoms with van der Waals surface area (Å²) in [7, 11) is 1.74. The number of hydrogen-bond donors (Lipinski definition) is 1. The Hall–Kier alpha value is -1.52. The number of benzene rings is 1. The van der Waals surface area contributed by atoms with E-state index < -0.39 is 6.10 Å². The van der Waals surface area contributed by atoms with Gasteiger partial charge in [0.25, 0.3) is 0 Å². The number of carbonyl (C=O) groups excluding carboxylic acids is 2. The summed E-state index contributed by atoms with van der Waals surface area (Å²) in [5.41, 5.74) is 0.641. The molecule has 1 aromatic rings. The lowest BCUT2D eigenvalue weighted by molar-refractivity contribution is -0.127. The minimum Gasteiger partial charge on any atom is -0.386 e. The zero-order valence-electron chi connectivity index (χ0n) is 12.5. The van der Waals surface area contributed by atoms with Crippen molar-refractivity contribution < 1.29 is 14.7 Å². The van der Waals surface area contributed by atoms with E-state index in [-0.39, 0.29) is 30.1 Å². The Labute approximate surface area is 120 Å². The van der Waals surface area contributed by atoms with Crippen molar-refractivity contribution in [1.29, 1.82) is 0 Å². The Morgan fingerprint density at radius 2 is 1.70 bits per heavy atom. The molecule has 2 unspecified atom stereocenters. The summed E-state index contributed by atoms with van der Waals surface area (Å²) >= 11 is 0. The molecule has 0 amide bonds. The molecule has 0 bridgehead atoms. The second-order valence-corrected chi connectivity index (χ2v) is 5.48. The fourth-order valence-corrected chi connectivity index (χ4v) is 2.26. The molecule has 0 heterocycles. The molecule has 0 aliphatic carbocycles. The number of likely N-dealkylation sites (N-methyl/N-ethyl adjacent to an activating group) is 1. The molecule has 0 saturated heterocycles. The number of aliphatic hydroxyl groups is 1. The Balaban J connectivity index is 2.89. The normalized spacial score (nSPS) is 14.3. The third kappa shape index (κ3) is 4.25. The molecule has 0 spiro atoms. The lowest BCUT2D eigenvalue weighted by Crippen LogP contribution is -2.46. The van der Waals surface area contributed by atoms with Crippen LogP contribution in [0.3, 0.4) is 0 Å². The van der Waals surface area contributed by atoms with Gasteiger partial charge >= 0.3 is 0 Å². The van der Waals surface area contributed by atoms with Crippen molar-refractivity contribution in [2.45, 2.75) is 32.9 Å². The first-order valence-corrected chi connectivity index (χ1v) is 6.85. The first-order valence-electron chi connectivity index (χ1n) is 6.85. The molecule has 0 aliphatic heterocycles. The van der Waals surface area contributed by atoms with E-state index in [1.54, 1.807) is 24.1 Å². The molecule has 110 valence electrons. The summed E-state index contributed by atoms with van der Waals surface area (Å²) in [5, 5.41) is 9.28. The zero-order valence-corrected chi connectivity index (χ0v) is 12.5. The van der Waals surface area contributed by atoms with Crippen molar-refractivity contribution in [1.82, 2.24) is 4.90 Å². The van der Waals surface area contributed by atoms with Gasteiger partial charge in [-0.3, -0.25) is 14.5 Å². The topological polar surface area (TPSA) is 57.6 Å². The minimum absolute atomic E-state index is 0.00138. The van der Waals surface area contributed by atoms with Crippen LogP contribution in [-0.4, -0.2) is 47.3 Å². The molecule has 0 saturated carbocycles. The van der Waals surface area contributed by atoms with Crippen LogP contribution >= 0.6 is 0 Å². The average Bonchev–Trinajstić information content (AvgIpc) is 2.39. The lowest BCUT2D eigenvalue weighted by Gasteiger charge is -2.29. The van der Waals surface area contributed by atoms with Gasteiger partial charge in [0.15, 0.2) is 11.6 Å². The van der Waals surface area contributed by atoms with Gasteiger partial charge in [-0.1, -0.05) is 44.2 Å². The highest BCUT2D eigenvalue weighted by atomic mass is 16.3. The van der Waals surface area contributed by atoms with Crippen molar-refractivity contribution in [3.8, 4) is 0 Å². The number of ketones is 2. The summed E-state index contributed by atoms with van der Waals surface area (Å²) in [6, 6.07) is 8.70. The van der Waals surface area contributed by atoms with Gasteiger partial charge in [0, 0.05) is 5.56 Å². The SMILES string of the molecule is CC(O)C(=O)CN(C)C(C(=O)c1ccccc1)C(C)C. The summed E-state index contributed by atoms with van der Waals surface area (Å²) in [5.74, 6) is -0.199. The summed E-state index contributed by atoms with van der Waals surface area (Å²) < 4.78 is 0. The van der Waals surface area contributed by atoms with Gasteiger partial charge < -0.3 is 5.11 Å². The van der Waals surface area contributed by atoms with Crippen LogP contribution in [0.2, 0.25) is 0 Å². The first-order chi connectivity index (χ1) is 9.34. The molecule has 1 rings (SSSR count). The number of Topliss-reactive ketones (excluding diaryl/α,β-unsaturated/α-hetero) is 2. The van der Waals surface area contributed by atoms with Gasteiger partial charge in [-0.05, 0) is 19.9 Å². The van der Waals surface area contributed by atoms with Crippen LogP contribution in [0.15, 0.2) is 30.3 Å². The maximum Gasteiger partial charge on any atom is 0.180 e. The van der Waals surface area contributed by atoms with Crippen molar-refractivity contribution in [2.24, 2.45) is 5.92 Å². The summed E-state index contributed by atoms with van der Waals surface area (Å²) in [6.45, 7) is 5.42. The number of aliphatic hydroxyl groups excluding tert-OH is 1. The number of nitrogens with zero attached hydrogens (tertiary/aromatic N) is 1. The Bertz CT molecular complexity index is 454. The molecule has 1 aromatic carbocycles. The molecular formula is C16H23NO3. The first kappa shape index (κ1) is 16.5. The smallest absolute Gasteiger partial charge is 0.180 e. The van der Waals surface area contributed by atoms with Crippen LogP contribution in [0.5, 0.6) is 0 Å². The predicted octanol–water partition coefficient (Wildman–Crippen LogP) is 1.78. The second kappa shape index (κ2) is 7.31. The van der Waals surface area contributed by atoms with Gasteiger partial charge in [-0.25, -0.2) is 0 Å². The van der Waals surface area contributed by atoms with Gasteiger partial charge in [0.2, 0.25) is 0 Å². The Kier molecular flexibility index (Phi) is 6.05. The van der Waals surface area contributed by atoms with E-state index in [2.05, 4.69) is 0 Å². The second-order valence-electron chi connectivity index (χ2n) is 5.48. The fourth-order valence-electron chi connectivity index (χ4n) is 2.26. The van der Waals surface area contributed by atoms with Crippen molar-refractivity contribution in [3.63, 3.8) is 0 Å². The van der Waals surface area contributed by atoms with Gasteiger partial charge in [-0.15, -0.1) is 0 Å². The highest BCUT2D eigenvalue weighted by Gasteiger charge is 2.29. The molecule has 4 nitrogen and oxygen atoms in total. The third-order valence-corrected chi connectivity index (χ3v) is 3.30. The lowest BCUT2D eigenvalue weighted by atomic mass is 9.93. The maximum absolute atomic E-state index is 12.6. The maximum atomic E-state index is 12.6. The number of rotatable bonds is 7. The van der Waals surface area contributed by atoms with Crippen LogP contribution < -0.4 is 0 Å². The molecule has 4 heteroatoms. The molecular weight excluding hydrogens is 254 g/mol. The van der Waals surface area contributed by atoms with Crippen LogP contribution in [-0.2, 0) is 4.79 Å². The number of carbonyl (C=O) groups is 2. The number of hydrogen-bond acceptors (Lipinski definition) is 4. The van der Waals surface area contributed by atoms with Crippen LogP contribution in [0.25, 0.3) is 0 Å². The summed E-state index contributed by atoms with van der Waals surface area (Å²) in [6.07, 6.45) is -1.00. The predicted molar refractivity (Wildman–Crippen MR) is 78.7 cm³/mol. The largest absolute Gasteiger partial charge is 0.386 e. The van der Waals surface area contributed by atoms with E-state index in [1.165, 1.54) is 6.92 Å². The van der Waals surface area contributed by atoms with Gasteiger partial charge in [-0.2, -0.15) is 0 Å².